The summed E-state index contributed by atoms with van der Waals surface area (Å²) in [5, 5.41) is 0. The highest BCUT2D eigenvalue weighted by Crippen LogP contribution is 2.45. The molecular weight excluding hydrogens is 379 g/mol. The second-order valence-corrected chi connectivity index (χ2v) is 9.14. The van der Waals surface area contributed by atoms with Gasteiger partial charge in [-0.05, 0) is 73.0 Å². The van der Waals surface area contributed by atoms with E-state index in [1.165, 1.54) is 17.7 Å². The number of rotatable bonds is 5. The lowest BCUT2D eigenvalue weighted by atomic mass is 9.79. The predicted octanol–water partition coefficient (Wildman–Crippen LogP) is 3.80. The average molecular weight is 409 g/mol. The van der Waals surface area contributed by atoms with Crippen LogP contribution in [0.15, 0.2) is 48.5 Å². The number of amides is 1. The first kappa shape index (κ1) is 19.7. The molecule has 158 valence electrons. The van der Waals surface area contributed by atoms with Gasteiger partial charge in [-0.15, -0.1) is 0 Å². The van der Waals surface area contributed by atoms with Gasteiger partial charge in [0.1, 0.15) is 11.9 Å². The van der Waals surface area contributed by atoms with Crippen LogP contribution in [-0.4, -0.2) is 55.1 Å². The molecule has 0 spiro atoms. The van der Waals surface area contributed by atoms with Gasteiger partial charge in [-0.1, -0.05) is 36.4 Å². The van der Waals surface area contributed by atoms with Crippen LogP contribution >= 0.6 is 0 Å². The molecule has 4 nitrogen and oxygen atoms in total. The fourth-order valence-electron chi connectivity index (χ4n) is 5.74. The highest BCUT2D eigenvalue weighted by atomic mass is 19.1. The van der Waals surface area contributed by atoms with Crippen molar-refractivity contribution in [3.8, 4) is 0 Å². The van der Waals surface area contributed by atoms with Crippen molar-refractivity contribution in [3.63, 3.8) is 0 Å². The van der Waals surface area contributed by atoms with Crippen molar-refractivity contribution in [1.82, 2.24) is 9.80 Å². The third-order valence-corrected chi connectivity index (χ3v) is 7.41. The minimum Gasteiger partial charge on any atom is -0.372 e. The number of fused-ring (bicyclic) bond motifs is 3. The van der Waals surface area contributed by atoms with E-state index in [0.29, 0.717) is 6.54 Å². The van der Waals surface area contributed by atoms with Crippen LogP contribution in [0.25, 0.3) is 0 Å². The van der Waals surface area contributed by atoms with Crippen LogP contribution in [0.2, 0.25) is 0 Å². The van der Waals surface area contributed by atoms with Crippen LogP contribution < -0.4 is 0 Å². The SMILES string of the molecule is CO[C@@H](CC12CCN(CC1)C2)C(=O)N1CCc2ccccc2[C@@H]1c1ccc(F)cc1. The molecule has 3 heterocycles. The molecule has 2 saturated heterocycles. The number of benzene rings is 2. The van der Waals surface area contributed by atoms with Crippen LogP contribution in [0.3, 0.4) is 0 Å². The Kier molecular flexibility index (Phi) is 5.11. The van der Waals surface area contributed by atoms with Gasteiger partial charge in [-0.3, -0.25) is 4.79 Å². The molecule has 2 bridgehead atoms. The normalized spacial score (nSPS) is 28.4. The second kappa shape index (κ2) is 7.78. The highest BCUT2D eigenvalue weighted by Gasteiger charge is 2.47. The Balaban J connectivity index is 1.46. The second-order valence-electron chi connectivity index (χ2n) is 9.14. The molecular formula is C25H29FN2O2. The van der Waals surface area contributed by atoms with Gasteiger partial charge in [0.2, 0.25) is 0 Å². The predicted molar refractivity (Wildman–Crippen MR) is 114 cm³/mol. The summed E-state index contributed by atoms with van der Waals surface area (Å²) in [7, 11) is 1.66. The van der Waals surface area contributed by atoms with Crippen LogP contribution in [0, 0.1) is 11.2 Å². The molecule has 0 radical (unpaired) electrons. The minimum atomic E-state index is -0.434. The Morgan fingerprint density at radius 2 is 1.87 bits per heavy atom. The fraction of sp³-hybridized carbons (Fsp3) is 0.480. The summed E-state index contributed by atoms with van der Waals surface area (Å²) in [6, 6.07) is 14.6. The molecule has 1 amide bonds. The molecule has 3 aliphatic rings. The van der Waals surface area contributed by atoms with Crippen LogP contribution in [-0.2, 0) is 16.0 Å². The van der Waals surface area contributed by atoms with E-state index in [0.717, 1.165) is 56.4 Å². The number of nitrogens with zero attached hydrogens (tertiary/aromatic N) is 2. The van der Waals surface area contributed by atoms with Crippen molar-refractivity contribution in [2.45, 2.75) is 37.8 Å². The third-order valence-electron chi connectivity index (χ3n) is 7.41. The van der Waals surface area contributed by atoms with E-state index >= 15 is 0 Å². The van der Waals surface area contributed by atoms with Crippen molar-refractivity contribution in [3.05, 3.63) is 71.0 Å². The van der Waals surface area contributed by atoms with E-state index in [1.54, 1.807) is 19.2 Å². The van der Waals surface area contributed by atoms with Crippen LogP contribution in [0.4, 0.5) is 4.39 Å². The molecule has 0 N–H and O–H groups in total. The van der Waals surface area contributed by atoms with Gasteiger partial charge < -0.3 is 14.5 Å². The zero-order valence-corrected chi connectivity index (χ0v) is 17.5. The highest BCUT2D eigenvalue weighted by molar-refractivity contribution is 5.82. The summed E-state index contributed by atoms with van der Waals surface area (Å²) < 4.78 is 19.4. The van der Waals surface area contributed by atoms with Gasteiger partial charge in [-0.2, -0.15) is 0 Å². The zero-order valence-electron chi connectivity index (χ0n) is 17.5. The number of methoxy groups -OCH3 is 1. The summed E-state index contributed by atoms with van der Waals surface area (Å²) in [6.45, 7) is 4.01. The van der Waals surface area contributed by atoms with E-state index in [-0.39, 0.29) is 23.2 Å². The van der Waals surface area contributed by atoms with Gasteiger partial charge >= 0.3 is 0 Å². The maximum Gasteiger partial charge on any atom is 0.252 e. The first-order valence-corrected chi connectivity index (χ1v) is 11.0. The van der Waals surface area contributed by atoms with Gasteiger partial charge in [0.25, 0.3) is 5.91 Å². The lowest BCUT2D eigenvalue weighted by Crippen LogP contribution is -2.47. The molecule has 5 rings (SSSR count). The Hall–Kier alpha value is -2.24. The topological polar surface area (TPSA) is 32.8 Å². The Morgan fingerprint density at radius 3 is 2.53 bits per heavy atom. The number of hydrogen-bond donors (Lipinski definition) is 0. The Bertz CT molecular complexity index is 921. The van der Waals surface area contributed by atoms with Gasteiger partial charge in [0.05, 0.1) is 6.04 Å². The zero-order chi connectivity index (χ0) is 20.7. The summed E-state index contributed by atoms with van der Waals surface area (Å²) in [6.07, 6.45) is 3.49. The van der Waals surface area contributed by atoms with E-state index in [2.05, 4.69) is 17.0 Å². The van der Waals surface area contributed by atoms with E-state index in [1.807, 2.05) is 17.0 Å². The minimum absolute atomic E-state index is 0.0565. The first-order valence-electron chi connectivity index (χ1n) is 11.0. The van der Waals surface area contributed by atoms with Crippen molar-refractivity contribution in [2.75, 3.05) is 33.3 Å². The Labute approximate surface area is 177 Å². The lowest BCUT2D eigenvalue weighted by Gasteiger charge is -2.40. The molecule has 2 aromatic carbocycles. The van der Waals surface area contributed by atoms with Crippen molar-refractivity contribution < 1.29 is 13.9 Å². The van der Waals surface area contributed by atoms with Crippen molar-refractivity contribution in [2.24, 2.45) is 5.41 Å². The number of carbonyl (C=O) groups is 1. The Morgan fingerprint density at radius 1 is 1.13 bits per heavy atom. The summed E-state index contributed by atoms with van der Waals surface area (Å²) in [5.74, 6) is -0.206. The quantitative estimate of drug-likeness (QED) is 0.755. The standard InChI is InChI=1S/C25H29FN2O2/c1-30-22(16-25-11-14-27(17-25)15-12-25)24(29)28-13-10-18-4-2-3-5-21(18)23(28)19-6-8-20(26)9-7-19/h2-9,22-23H,10-17H2,1H3/t22-,23-/m0/s1. The monoisotopic (exact) mass is 408 g/mol. The largest absolute Gasteiger partial charge is 0.372 e. The van der Waals surface area contributed by atoms with Crippen LogP contribution in [0.1, 0.15) is 42.0 Å². The smallest absolute Gasteiger partial charge is 0.252 e. The fourth-order valence-corrected chi connectivity index (χ4v) is 5.74. The third kappa shape index (κ3) is 3.44. The maximum atomic E-state index is 13.8. The van der Waals surface area contributed by atoms with Gasteiger partial charge in [-0.25, -0.2) is 4.39 Å². The average Bonchev–Trinajstić information content (AvgIpc) is 3.38. The molecule has 30 heavy (non-hydrogen) atoms. The summed E-state index contributed by atoms with van der Waals surface area (Å²) in [5.41, 5.74) is 3.54. The molecule has 2 fully saturated rings. The van der Waals surface area contributed by atoms with E-state index in [9.17, 15) is 9.18 Å². The number of ether oxygens (including phenoxy) is 1. The summed E-state index contributed by atoms with van der Waals surface area (Å²) >= 11 is 0. The molecule has 0 aliphatic carbocycles. The van der Waals surface area contributed by atoms with Gasteiger partial charge in [0.15, 0.2) is 0 Å². The number of halogens is 1. The number of piperidine rings is 1. The first-order chi connectivity index (χ1) is 14.6. The molecule has 0 saturated carbocycles. The number of hydrogen-bond acceptors (Lipinski definition) is 3. The molecule has 2 aromatic rings. The van der Waals surface area contributed by atoms with E-state index in [4.69, 9.17) is 4.74 Å². The van der Waals surface area contributed by atoms with Gasteiger partial charge in [0, 0.05) is 20.2 Å². The van der Waals surface area contributed by atoms with Crippen molar-refractivity contribution in [1.29, 1.82) is 0 Å². The summed E-state index contributed by atoms with van der Waals surface area (Å²) in [4.78, 5) is 18.2. The molecule has 0 aromatic heterocycles. The molecule has 2 atom stereocenters. The molecule has 3 aliphatic heterocycles. The molecule has 0 unspecified atom stereocenters. The van der Waals surface area contributed by atoms with Crippen LogP contribution in [0.5, 0.6) is 0 Å². The van der Waals surface area contributed by atoms with E-state index < -0.39 is 6.10 Å². The molecule has 5 heteroatoms. The number of carbonyl (C=O) groups excluding carboxylic acids is 1. The maximum absolute atomic E-state index is 13.8. The lowest BCUT2D eigenvalue weighted by molar-refractivity contribution is -0.146. The van der Waals surface area contributed by atoms with Crippen molar-refractivity contribution >= 4 is 5.91 Å².